The molecule has 2 aromatic rings. The number of hydrogen-bond acceptors (Lipinski definition) is 5. The van der Waals surface area contributed by atoms with Gasteiger partial charge in [-0.2, -0.15) is 0 Å². The normalized spacial score (nSPS) is 13.2. The number of nitrogens with two attached hydrogens (primary N) is 1. The molecule has 0 saturated heterocycles. The SMILES string of the molecule is COc1cc(CCCC(C)C([AsH]S(C)(=O)=O)C(N)=O)ccc1OCC#Cc1ccc(Cl)cc1. The molecule has 33 heavy (non-hydrogen) atoms. The van der Waals surface area contributed by atoms with Crippen LogP contribution < -0.4 is 15.2 Å². The minimum atomic E-state index is -3.15. The van der Waals surface area contributed by atoms with Crippen molar-refractivity contribution in [3.05, 3.63) is 58.6 Å². The summed E-state index contributed by atoms with van der Waals surface area (Å²) < 4.78 is 33.9. The Bertz CT molecular complexity index is 1110. The molecule has 0 fully saturated rings. The molecule has 0 spiro atoms. The monoisotopic (exact) mass is 553 g/mol. The second-order valence-corrected chi connectivity index (χ2v) is 17.4. The predicted molar refractivity (Wildman–Crippen MR) is 134 cm³/mol. The Labute approximate surface area is 206 Å². The van der Waals surface area contributed by atoms with E-state index in [-0.39, 0.29) is 12.5 Å². The Morgan fingerprint density at radius 1 is 1.18 bits per heavy atom. The Hall–Kier alpha value is -2.13. The maximum absolute atomic E-state index is 11.7. The third kappa shape index (κ3) is 9.71. The van der Waals surface area contributed by atoms with Crippen LogP contribution in [0.2, 0.25) is 9.73 Å². The van der Waals surface area contributed by atoms with E-state index in [1.165, 1.54) is 6.26 Å². The molecule has 1 amide bonds. The molecule has 0 aliphatic heterocycles. The van der Waals surface area contributed by atoms with Gasteiger partial charge >= 0.3 is 155 Å². The van der Waals surface area contributed by atoms with Crippen LogP contribution in [0.1, 0.15) is 30.9 Å². The van der Waals surface area contributed by atoms with Gasteiger partial charge in [0.05, 0.1) is 0 Å². The molecule has 0 aliphatic rings. The molecule has 2 rings (SSSR count). The molecule has 0 saturated carbocycles. The third-order valence-electron chi connectivity index (χ3n) is 4.95. The first-order valence-corrected chi connectivity index (χ1v) is 16.4. The van der Waals surface area contributed by atoms with Gasteiger partial charge in [-0.25, -0.2) is 0 Å². The van der Waals surface area contributed by atoms with E-state index >= 15 is 0 Å². The smallest absolute Gasteiger partial charge is 0.0843 e. The van der Waals surface area contributed by atoms with E-state index < -0.39 is 33.3 Å². The van der Waals surface area contributed by atoms with E-state index in [1.54, 1.807) is 19.2 Å². The number of carbonyl (C=O) groups is 1. The van der Waals surface area contributed by atoms with E-state index in [2.05, 4.69) is 11.8 Å². The summed E-state index contributed by atoms with van der Waals surface area (Å²) in [6.45, 7) is 2.11. The molecule has 0 aliphatic carbocycles. The van der Waals surface area contributed by atoms with Crippen molar-refractivity contribution in [1.29, 1.82) is 0 Å². The molecule has 3 unspecified atom stereocenters. The van der Waals surface area contributed by atoms with Crippen LogP contribution >= 0.6 is 11.6 Å². The van der Waals surface area contributed by atoms with Gasteiger partial charge in [-0.1, -0.05) is 17.5 Å². The van der Waals surface area contributed by atoms with E-state index in [0.717, 1.165) is 24.0 Å². The average Bonchev–Trinajstić information content (AvgIpc) is 2.76. The van der Waals surface area contributed by atoms with Crippen molar-refractivity contribution in [2.45, 2.75) is 30.9 Å². The number of methoxy groups -OCH3 is 1. The minimum absolute atomic E-state index is 0.0686. The number of amides is 1. The summed E-state index contributed by atoms with van der Waals surface area (Å²) in [6.07, 6.45) is 3.46. The van der Waals surface area contributed by atoms with E-state index in [0.29, 0.717) is 22.9 Å². The number of aryl methyl sites for hydroxylation is 1. The van der Waals surface area contributed by atoms with Crippen molar-refractivity contribution in [3.8, 4) is 23.3 Å². The quantitative estimate of drug-likeness (QED) is 0.340. The van der Waals surface area contributed by atoms with Crippen LogP contribution in [-0.4, -0.2) is 48.9 Å². The van der Waals surface area contributed by atoms with Crippen LogP contribution in [0.3, 0.4) is 0 Å². The van der Waals surface area contributed by atoms with Crippen molar-refractivity contribution in [2.75, 3.05) is 20.0 Å². The first kappa shape index (κ1) is 27.1. The minimum Gasteiger partial charge on any atom is -0.0843 e. The van der Waals surface area contributed by atoms with Gasteiger partial charge in [0.2, 0.25) is 0 Å². The fraction of sp³-hybridized carbons (Fsp3) is 0.375. The van der Waals surface area contributed by atoms with Gasteiger partial charge in [0.25, 0.3) is 0 Å². The molecule has 2 aromatic carbocycles. The van der Waals surface area contributed by atoms with Crippen molar-refractivity contribution in [2.24, 2.45) is 11.7 Å². The number of rotatable bonds is 11. The van der Waals surface area contributed by atoms with Crippen molar-refractivity contribution >= 4 is 40.2 Å². The summed E-state index contributed by atoms with van der Waals surface area (Å²) in [7, 11) is -1.57. The van der Waals surface area contributed by atoms with E-state index in [9.17, 15) is 13.2 Å². The number of hydrogen-bond donors (Lipinski definition) is 1. The summed E-state index contributed by atoms with van der Waals surface area (Å²) in [4.78, 5) is 11.7. The number of carbonyl (C=O) groups excluding carboxylic acids is 1. The molecule has 0 heterocycles. The number of halogens is 1. The topological polar surface area (TPSA) is 95.7 Å². The first-order valence-electron chi connectivity index (χ1n) is 10.4. The van der Waals surface area contributed by atoms with Crippen LogP contribution in [0.15, 0.2) is 42.5 Å². The van der Waals surface area contributed by atoms with Gasteiger partial charge in [-0.3, -0.25) is 0 Å². The Balaban J connectivity index is 1.91. The van der Waals surface area contributed by atoms with Crippen LogP contribution in [0.25, 0.3) is 0 Å². The van der Waals surface area contributed by atoms with Crippen LogP contribution in [-0.2, 0) is 19.3 Å². The molecule has 3 atom stereocenters. The second kappa shape index (κ2) is 12.9. The summed E-state index contributed by atoms with van der Waals surface area (Å²) in [6, 6.07) is 13.0. The van der Waals surface area contributed by atoms with E-state index in [1.807, 2.05) is 37.3 Å². The van der Waals surface area contributed by atoms with Crippen LogP contribution in [0.5, 0.6) is 11.5 Å². The third-order valence-corrected chi connectivity index (χ3v) is 12.0. The average molecular weight is 554 g/mol. The zero-order chi connectivity index (χ0) is 24.4. The second-order valence-electron chi connectivity index (χ2n) is 7.72. The molecule has 178 valence electrons. The fourth-order valence-electron chi connectivity index (χ4n) is 3.25. The van der Waals surface area contributed by atoms with Crippen molar-refractivity contribution < 1.29 is 22.7 Å². The molecule has 9 heteroatoms. The molecule has 6 nitrogen and oxygen atoms in total. The number of benzene rings is 2. The zero-order valence-electron chi connectivity index (χ0n) is 18.9. The fourth-order valence-corrected chi connectivity index (χ4v) is 9.63. The predicted octanol–water partition coefficient (Wildman–Crippen LogP) is 3.41. The van der Waals surface area contributed by atoms with E-state index in [4.69, 9.17) is 26.8 Å². The molecule has 0 bridgehead atoms. The molecule has 0 radical (unpaired) electrons. The molecular weight excluding hydrogens is 525 g/mol. The Morgan fingerprint density at radius 3 is 2.48 bits per heavy atom. The van der Waals surface area contributed by atoms with Gasteiger partial charge in [0.1, 0.15) is 0 Å². The van der Waals surface area contributed by atoms with Crippen LogP contribution in [0.4, 0.5) is 0 Å². The van der Waals surface area contributed by atoms with Gasteiger partial charge in [0.15, 0.2) is 0 Å². The van der Waals surface area contributed by atoms with Crippen molar-refractivity contribution in [1.82, 2.24) is 0 Å². The van der Waals surface area contributed by atoms with Gasteiger partial charge < -0.3 is 0 Å². The zero-order valence-corrected chi connectivity index (χ0v) is 22.6. The summed E-state index contributed by atoms with van der Waals surface area (Å²) >= 11 is 4.39. The van der Waals surface area contributed by atoms with Gasteiger partial charge in [0, 0.05) is 10.6 Å². The molecule has 2 N–H and O–H groups in total. The molecular formula is C24H29AsClNO5S. The summed E-state index contributed by atoms with van der Waals surface area (Å²) in [5, 5.41) is 0.666. The summed E-state index contributed by atoms with van der Waals surface area (Å²) in [5.41, 5.74) is 7.38. The standard InChI is InChI=1S/C24H29AsClNO5S/c1-17(23(24(27)28)25-33(3,29)30)6-4-7-19-11-14-21(22(16-19)31-2)32-15-5-8-18-9-12-20(26)13-10-18/h9-14,16-17,23,25H,4,6-7,15H2,1-3H3,(H2,27,28). The number of ether oxygens (including phenoxy) is 2. The maximum atomic E-state index is 11.7. The summed E-state index contributed by atoms with van der Waals surface area (Å²) in [5.74, 6) is 6.62. The Kier molecular flexibility index (Phi) is 10.6. The first-order chi connectivity index (χ1) is 15.6. The molecule has 0 aromatic heterocycles. The van der Waals surface area contributed by atoms with Gasteiger partial charge in [-0.15, -0.1) is 0 Å². The van der Waals surface area contributed by atoms with Crippen LogP contribution in [0, 0.1) is 17.8 Å². The van der Waals surface area contributed by atoms with Crippen molar-refractivity contribution in [3.63, 3.8) is 0 Å². The Morgan fingerprint density at radius 2 is 1.88 bits per heavy atom. The van der Waals surface area contributed by atoms with Gasteiger partial charge in [-0.05, 0) is 24.3 Å². The number of primary amides is 1.